The number of amides is 1. The molecule has 0 spiro atoms. The van der Waals surface area contributed by atoms with Crippen LogP contribution < -0.4 is 10.1 Å². The molecule has 25 heavy (non-hydrogen) atoms. The van der Waals surface area contributed by atoms with Crippen molar-refractivity contribution in [2.45, 2.75) is 6.92 Å². The van der Waals surface area contributed by atoms with E-state index in [1.54, 1.807) is 36.7 Å². The molecule has 3 heterocycles. The van der Waals surface area contributed by atoms with E-state index >= 15 is 0 Å². The fourth-order valence-electron chi connectivity index (χ4n) is 2.06. The second-order valence-electron chi connectivity index (χ2n) is 4.84. The van der Waals surface area contributed by atoms with Crippen LogP contribution >= 0.6 is 23.2 Å². The number of carbonyl (C=O) groups excluding carboxylic acids is 1. The normalized spacial score (nSPS) is 10.5. The lowest BCUT2D eigenvalue weighted by Crippen LogP contribution is -2.15. The molecule has 3 aromatic heterocycles. The number of carbonyl (C=O) groups is 1. The summed E-state index contributed by atoms with van der Waals surface area (Å²) in [6.07, 6.45) is 4.68. The van der Waals surface area contributed by atoms with Crippen molar-refractivity contribution >= 4 is 34.9 Å². The summed E-state index contributed by atoms with van der Waals surface area (Å²) in [5.74, 6) is 0.795. The SMILES string of the molecule is CCOc1cnc(C(=O)Nc2ccn(-c3ncccc3Cl)n2)c(Cl)c1. The van der Waals surface area contributed by atoms with Crippen molar-refractivity contribution in [3.63, 3.8) is 0 Å². The number of hydrogen-bond donors (Lipinski definition) is 1. The van der Waals surface area contributed by atoms with Crippen LogP contribution in [0.4, 0.5) is 5.82 Å². The van der Waals surface area contributed by atoms with E-state index in [-0.39, 0.29) is 10.7 Å². The van der Waals surface area contributed by atoms with Crippen LogP contribution in [0, 0.1) is 0 Å². The Morgan fingerprint density at radius 3 is 2.84 bits per heavy atom. The molecule has 0 aliphatic heterocycles. The van der Waals surface area contributed by atoms with Gasteiger partial charge in [-0.1, -0.05) is 23.2 Å². The lowest BCUT2D eigenvalue weighted by Gasteiger charge is -2.06. The standard InChI is InChI=1S/C16H13Cl2N5O2/c1-2-25-10-8-12(18)14(20-9-10)16(24)21-13-5-7-23(22-13)15-11(17)4-3-6-19-15/h3-9H,2H2,1H3,(H,21,22,24). The number of rotatable bonds is 5. The summed E-state index contributed by atoms with van der Waals surface area (Å²) in [6.45, 7) is 2.33. The predicted molar refractivity (Wildman–Crippen MR) is 94.7 cm³/mol. The van der Waals surface area contributed by atoms with Gasteiger partial charge in [0.05, 0.1) is 22.8 Å². The van der Waals surface area contributed by atoms with Gasteiger partial charge in [-0.15, -0.1) is 5.10 Å². The zero-order valence-corrected chi connectivity index (χ0v) is 14.6. The fourth-order valence-corrected chi connectivity index (χ4v) is 2.51. The molecule has 7 nitrogen and oxygen atoms in total. The number of nitrogens with zero attached hydrogens (tertiary/aromatic N) is 4. The first kappa shape index (κ1) is 17.2. The van der Waals surface area contributed by atoms with E-state index in [1.807, 2.05) is 6.92 Å². The lowest BCUT2D eigenvalue weighted by atomic mass is 10.3. The third-order valence-electron chi connectivity index (χ3n) is 3.13. The van der Waals surface area contributed by atoms with Gasteiger partial charge in [0.1, 0.15) is 11.4 Å². The molecule has 0 fully saturated rings. The number of nitrogens with one attached hydrogen (secondary N) is 1. The van der Waals surface area contributed by atoms with E-state index in [4.69, 9.17) is 27.9 Å². The van der Waals surface area contributed by atoms with Crippen molar-refractivity contribution in [2.24, 2.45) is 0 Å². The molecule has 1 N–H and O–H groups in total. The van der Waals surface area contributed by atoms with Crippen molar-refractivity contribution in [1.29, 1.82) is 0 Å². The van der Waals surface area contributed by atoms with Gasteiger partial charge in [-0.2, -0.15) is 0 Å². The summed E-state index contributed by atoms with van der Waals surface area (Å²) in [5.41, 5.74) is 0.0792. The first-order chi connectivity index (χ1) is 12.1. The maximum Gasteiger partial charge on any atom is 0.277 e. The quantitative estimate of drug-likeness (QED) is 0.733. The number of anilines is 1. The first-order valence-corrected chi connectivity index (χ1v) is 8.10. The molecule has 1 amide bonds. The number of pyridine rings is 2. The maximum atomic E-state index is 12.3. The second kappa shape index (κ2) is 7.50. The number of halogens is 2. The van der Waals surface area contributed by atoms with Gasteiger partial charge >= 0.3 is 0 Å². The predicted octanol–water partition coefficient (Wildman–Crippen LogP) is 3.62. The Morgan fingerprint density at radius 2 is 2.12 bits per heavy atom. The summed E-state index contributed by atoms with van der Waals surface area (Å²) in [6, 6.07) is 6.58. The molecule has 0 aliphatic rings. The molecule has 0 radical (unpaired) electrons. The summed E-state index contributed by atoms with van der Waals surface area (Å²) in [4.78, 5) is 20.5. The van der Waals surface area contributed by atoms with Crippen LogP contribution in [-0.2, 0) is 0 Å². The lowest BCUT2D eigenvalue weighted by molar-refractivity contribution is 0.102. The van der Waals surface area contributed by atoms with Gasteiger partial charge in [-0.25, -0.2) is 14.6 Å². The zero-order valence-electron chi connectivity index (χ0n) is 13.1. The van der Waals surface area contributed by atoms with E-state index in [0.29, 0.717) is 29.0 Å². The van der Waals surface area contributed by atoms with E-state index in [0.717, 1.165) is 0 Å². The summed E-state index contributed by atoms with van der Waals surface area (Å²) in [5, 5.41) is 7.49. The average molecular weight is 378 g/mol. The molecule has 0 unspecified atom stereocenters. The van der Waals surface area contributed by atoms with Crippen molar-refractivity contribution in [2.75, 3.05) is 11.9 Å². The molecule has 0 saturated carbocycles. The summed E-state index contributed by atoms with van der Waals surface area (Å²) < 4.78 is 6.75. The van der Waals surface area contributed by atoms with Gasteiger partial charge in [0.25, 0.3) is 5.91 Å². The highest BCUT2D eigenvalue weighted by Crippen LogP contribution is 2.22. The van der Waals surface area contributed by atoms with Crippen LogP contribution in [0.2, 0.25) is 10.0 Å². The first-order valence-electron chi connectivity index (χ1n) is 7.34. The molecular weight excluding hydrogens is 365 g/mol. The van der Waals surface area contributed by atoms with Gasteiger partial charge in [-0.3, -0.25) is 4.79 Å². The van der Waals surface area contributed by atoms with Gasteiger partial charge < -0.3 is 10.1 Å². The third-order valence-corrected chi connectivity index (χ3v) is 3.71. The van der Waals surface area contributed by atoms with Crippen molar-refractivity contribution in [3.05, 3.63) is 58.6 Å². The minimum absolute atomic E-state index is 0.0792. The Labute approximate surface area is 153 Å². The van der Waals surface area contributed by atoms with Crippen LogP contribution in [0.5, 0.6) is 5.75 Å². The molecule has 0 atom stereocenters. The van der Waals surface area contributed by atoms with Crippen LogP contribution in [0.25, 0.3) is 5.82 Å². The zero-order chi connectivity index (χ0) is 17.8. The van der Waals surface area contributed by atoms with Crippen molar-refractivity contribution in [3.8, 4) is 11.6 Å². The number of ether oxygens (including phenoxy) is 1. The Hall–Kier alpha value is -2.64. The van der Waals surface area contributed by atoms with Gasteiger partial charge in [0.2, 0.25) is 0 Å². The molecule has 9 heteroatoms. The topological polar surface area (TPSA) is 81.9 Å². The number of hydrogen-bond acceptors (Lipinski definition) is 5. The average Bonchev–Trinajstić information content (AvgIpc) is 3.04. The highest BCUT2D eigenvalue weighted by Gasteiger charge is 2.15. The Kier molecular flexibility index (Phi) is 5.16. The minimum atomic E-state index is -0.481. The minimum Gasteiger partial charge on any atom is -0.492 e. The van der Waals surface area contributed by atoms with Crippen LogP contribution in [0.15, 0.2) is 42.9 Å². The maximum absolute atomic E-state index is 12.3. The number of aromatic nitrogens is 4. The van der Waals surface area contributed by atoms with Crippen molar-refractivity contribution < 1.29 is 9.53 Å². The summed E-state index contributed by atoms with van der Waals surface area (Å²) >= 11 is 12.2. The molecule has 3 aromatic rings. The molecule has 0 aliphatic carbocycles. The van der Waals surface area contributed by atoms with Crippen LogP contribution in [0.1, 0.15) is 17.4 Å². The highest BCUT2D eigenvalue weighted by molar-refractivity contribution is 6.34. The molecule has 3 rings (SSSR count). The molecule has 128 valence electrons. The Bertz CT molecular complexity index is 913. The van der Waals surface area contributed by atoms with Gasteiger partial charge in [-0.05, 0) is 19.1 Å². The van der Waals surface area contributed by atoms with E-state index in [9.17, 15) is 4.79 Å². The molecule has 0 saturated heterocycles. The molecular formula is C16H13Cl2N5O2. The molecule has 0 bridgehead atoms. The van der Waals surface area contributed by atoms with E-state index in [2.05, 4.69) is 20.4 Å². The largest absolute Gasteiger partial charge is 0.492 e. The van der Waals surface area contributed by atoms with Gasteiger partial charge in [0.15, 0.2) is 11.6 Å². The Balaban J connectivity index is 1.77. The summed E-state index contributed by atoms with van der Waals surface area (Å²) in [7, 11) is 0. The van der Waals surface area contributed by atoms with Crippen molar-refractivity contribution in [1.82, 2.24) is 19.7 Å². The fraction of sp³-hybridized carbons (Fsp3) is 0.125. The van der Waals surface area contributed by atoms with Crippen LogP contribution in [0.3, 0.4) is 0 Å². The Morgan fingerprint density at radius 1 is 1.28 bits per heavy atom. The second-order valence-corrected chi connectivity index (χ2v) is 5.66. The molecule has 0 aromatic carbocycles. The van der Waals surface area contributed by atoms with Crippen LogP contribution in [-0.4, -0.2) is 32.3 Å². The van der Waals surface area contributed by atoms with E-state index in [1.165, 1.54) is 10.9 Å². The van der Waals surface area contributed by atoms with E-state index < -0.39 is 5.91 Å². The van der Waals surface area contributed by atoms with Gasteiger partial charge in [0, 0.05) is 24.5 Å². The monoisotopic (exact) mass is 377 g/mol. The highest BCUT2D eigenvalue weighted by atomic mass is 35.5. The third kappa shape index (κ3) is 3.89. The smallest absolute Gasteiger partial charge is 0.277 e.